The van der Waals surface area contributed by atoms with E-state index in [1.165, 1.54) is 134 Å². The Morgan fingerprint density at radius 1 is 0.213 bits per heavy atom. The number of ketones is 4. The third kappa shape index (κ3) is 30.4. The quantitative estimate of drug-likeness (QED) is 0.0342. The lowest BCUT2D eigenvalue weighted by molar-refractivity contribution is 0.100. The smallest absolute Gasteiger partial charge is 0.159 e. The van der Waals surface area contributed by atoms with E-state index in [1.54, 1.807) is 34.8 Å². The zero-order valence-electron chi connectivity index (χ0n) is 83.8. The largest absolute Gasteiger partial charge is 0.497 e. The van der Waals surface area contributed by atoms with Crippen LogP contribution in [0.25, 0.3) is 128 Å². The van der Waals surface area contributed by atoms with Crippen LogP contribution in [0.3, 0.4) is 0 Å². The number of methoxy groups -OCH3 is 1. The average molecular weight is 1840 g/mol. The number of hydrogen-bond acceptors (Lipinski definition) is 5. The summed E-state index contributed by atoms with van der Waals surface area (Å²) >= 11 is 0. The molecule has 5 nitrogen and oxygen atoms in total. The first-order valence-electron chi connectivity index (χ1n) is 49.0. The van der Waals surface area contributed by atoms with Gasteiger partial charge in [0.25, 0.3) is 0 Å². The summed E-state index contributed by atoms with van der Waals surface area (Å²) in [5.41, 5.74) is 42.1. The number of benzene rings is 18. The van der Waals surface area contributed by atoms with Crippen molar-refractivity contribution in [3.8, 4) is 135 Å². The summed E-state index contributed by atoms with van der Waals surface area (Å²) in [5.74, 6) is 3.72. The molecule has 0 saturated heterocycles. The van der Waals surface area contributed by atoms with Crippen LogP contribution in [0, 0.1) is 19.3 Å². The second-order valence-corrected chi connectivity index (χ2v) is 35.0. The number of aryl methyl sites for hydroxylation is 8. The fourth-order valence-electron chi connectivity index (χ4n) is 16.2. The molecule has 0 radical (unpaired) electrons. The molecule has 702 valence electrons. The third-order valence-electron chi connectivity index (χ3n) is 25.4. The molecule has 0 fully saturated rings. The summed E-state index contributed by atoms with van der Waals surface area (Å²) < 4.78 is 5.23. The van der Waals surface area contributed by atoms with E-state index in [9.17, 15) is 19.2 Å². The first-order chi connectivity index (χ1) is 68.5. The monoisotopic (exact) mass is 1840 g/mol. The van der Waals surface area contributed by atoms with Gasteiger partial charge in [0, 0.05) is 33.4 Å². The Balaban J connectivity index is 0.000000148. The Kier molecular flexibility index (Phi) is 38.9. The molecular formula is C136H128O5. The van der Waals surface area contributed by atoms with Gasteiger partial charge in [-0.15, -0.1) is 6.42 Å². The van der Waals surface area contributed by atoms with Crippen LogP contribution in [0.2, 0.25) is 0 Å². The Labute approximate surface area is 838 Å². The molecule has 0 N–H and O–H groups in total. The topological polar surface area (TPSA) is 77.5 Å². The van der Waals surface area contributed by atoms with Gasteiger partial charge in [-0.25, -0.2) is 0 Å². The maximum absolute atomic E-state index is 11.5. The lowest BCUT2D eigenvalue weighted by atomic mass is 9.98. The number of terminal acetylenes is 1. The zero-order chi connectivity index (χ0) is 99.9. The van der Waals surface area contributed by atoms with E-state index in [2.05, 4.69) is 383 Å². The van der Waals surface area contributed by atoms with E-state index in [0.29, 0.717) is 5.76 Å². The Morgan fingerprint density at radius 3 is 0.560 bits per heavy atom. The summed E-state index contributed by atoms with van der Waals surface area (Å²) in [7, 11) is 1.65. The molecule has 0 aliphatic carbocycles. The SMILES string of the molecule is C#Cc1ccc(-c2ccc(CC)cc2)cc1.C=C(OC)c1cccc(-c2ccc(-c3ccc(CC)cc3)cc2)c1.CCc1ccc(-c2ccc(-c3cccc(C(C)=O)c3)cc2)cc1.CCc1ccc(-c2ccc(-c3cccc(C(C)=O)c3)cc2)cc1.CCc1ccc(-c2ccc(-c3cccc(C)c3)cc2)cc1.CCc1ccc(-c2ccc(C(C)=O)cc2)cc1.CCc1ccc(-c2ccc(C(C)=O)cc2)cc1. The van der Waals surface area contributed by atoms with Crippen molar-refractivity contribution in [2.45, 2.75) is 128 Å². The van der Waals surface area contributed by atoms with Crippen molar-refractivity contribution in [1.29, 1.82) is 0 Å². The van der Waals surface area contributed by atoms with Crippen LogP contribution in [0.4, 0.5) is 0 Å². The van der Waals surface area contributed by atoms with Gasteiger partial charge in [-0.05, 0) is 271 Å². The molecule has 0 aliphatic rings. The van der Waals surface area contributed by atoms with Gasteiger partial charge >= 0.3 is 0 Å². The van der Waals surface area contributed by atoms with Crippen LogP contribution < -0.4 is 0 Å². The second kappa shape index (κ2) is 52.9. The number of ether oxygens (including phenoxy) is 1. The molecular weight excluding hydrogens is 1710 g/mol. The van der Waals surface area contributed by atoms with Gasteiger partial charge in [-0.3, -0.25) is 19.2 Å². The molecule has 0 aromatic heterocycles. The van der Waals surface area contributed by atoms with Gasteiger partial charge in [0.15, 0.2) is 23.1 Å². The second-order valence-electron chi connectivity index (χ2n) is 35.0. The van der Waals surface area contributed by atoms with Crippen molar-refractivity contribution in [3.05, 3.63) is 521 Å². The van der Waals surface area contributed by atoms with Gasteiger partial charge in [-0.1, -0.05) is 473 Å². The first kappa shape index (κ1) is 104. The molecule has 0 amide bonds. The van der Waals surface area contributed by atoms with Crippen LogP contribution in [-0.2, 0) is 49.7 Å². The van der Waals surface area contributed by atoms with Gasteiger partial charge in [0.05, 0.1) is 7.11 Å². The summed E-state index contributed by atoms with van der Waals surface area (Å²) in [5, 5.41) is 0. The molecule has 0 aliphatic heterocycles. The van der Waals surface area contributed by atoms with Crippen LogP contribution >= 0.6 is 0 Å². The predicted octanol–water partition coefficient (Wildman–Crippen LogP) is 35.8. The highest BCUT2D eigenvalue weighted by molar-refractivity contribution is 5.97. The lowest BCUT2D eigenvalue weighted by Gasteiger charge is -2.09. The number of rotatable bonds is 24. The van der Waals surface area contributed by atoms with E-state index in [-0.39, 0.29) is 23.1 Å². The number of carbonyl (C=O) groups is 4. The predicted molar refractivity (Wildman–Crippen MR) is 599 cm³/mol. The van der Waals surface area contributed by atoms with Gasteiger partial charge in [0.1, 0.15) is 5.76 Å². The van der Waals surface area contributed by atoms with Crippen molar-refractivity contribution in [2.24, 2.45) is 0 Å². The standard InChI is InChI=1S/C23H22O.2C22H20O.C21H20.2C16H16O.C16H14/c1-4-18-8-10-19(11-9-18)20-12-14-21(15-13-20)23-7-5-6-22(16-23)17(2)24-3;2*1-3-17-7-9-18(10-8-17)19-11-13-20(14-12-19)22-6-4-5-21(15-22)16(2)23;1-3-17-7-9-18(10-8-17)19-11-13-20(14-12-19)21-6-4-5-16(2)15-21;2*1-3-13-4-6-15(7-5-13)16-10-8-14(9-11-16)12(2)17;1-3-13-5-9-15(10-6-13)16-11-7-14(4-2)8-12-16/h5-16H,2,4H2,1,3H3;2*4-15H,3H2,1-2H3;4-15H,3H2,1-2H3;2*4-11H,3H2,1-2H3;1,5-12H,4H2,2H3. The molecule has 0 unspecified atom stereocenters. The van der Waals surface area contributed by atoms with Crippen LogP contribution in [0.5, 0.6) is 0 Å². The summed E-state index contributed by atoms with van der Waals surface area (Å²) in [6, 6.07) is 151. The molecule has 0 bridgehead atoms. The van der Waals surface area contributed by atoms with Crippen molar-refractivity contribution in [3.63, 3.8) is 0 Å². The van der Waals surface area contributed by atoms with Gasteiger partial charge in [-0.2, -0.15) is 0 Å². The number of Topliss-reactive ketones (excluding diaryl/α,β-unsaturated/α-hetero) is 4. The Morgan fingerprint density at radius 2 is 0.376 bits per heavy atom. The van der Waals surface area contributed by atoms with Crippen molar-refractivity contribution >= 4 is 28.9 Å². The molecule has 0 saturated carbocycles. The van der Waals surface area contributed by atoms with Crippen LogP contribution in [0.15, 0.2) is 443 Å². The maximum atomic E-state index is 11.5. The van der Waals surface area contributed by atoms with E-state index >= 15 is 0 Å². The highest BCUT2D eigenvalue weighted by atomic mass is 16.5. The molecule has 0 spiro atoms. The van der Waals surface area contributed by atoms with E-state index < -0.39 is 0 Å². The summed E-state index contributed by atoms with van der Waals surface area (Å²) in [6.07, 6.45) is 12.8. The Hall–Kier alpha value is -16.3. The minimum Gasteiger partial charge on any atom is -0.497 e. The molecule has 18 aromatic carbocycles. The molecule has 141 heavy (non-hydrogen) atoms. The van der Waals surface area contributed by atoms with E-state index in [1.807, 2.05) is 121 Å². The number of carbonyl (C=O) groups excluding carboxylic acids is 4. The van der Waals surface area contributed by atoms with Crippen molar-refractivity contribution < 1.29 is 23.9 Å². The minimum absolute atomic E-state index is 0.0967. The van der Waals surface area contributed by atoms with Crippen molar-refractivity contribution in [1.82, 2.24) is 0 Å². The zero-order valence-corrected chi connectivity index (χ0v) is 83.8. The Bertz CT molecular complexity index is 6860. The maximum Gasteiger partial charge on any atom is 0.159 e. The molecule has 0 atom stereocenters. The fraction of sp³-hybridized carbons (Fsp3) is 0.147. The third-order valence-corrected chi connectivity index (χ3v) is 25.4. The van der Waals surface area contributed by atoms with E-state index in [4.69, 9.17) is 11.2 Å². The fourth-order valence-corrected chi connectivity index (χ4v) is 16.2. The van der Waals surface area contributed by atoms with Crippen LogP contribution in [-0.4, -0.2) is 30.2 Å². The average Bonchev–Trinajstić information content (AvgIpc) is 0.826. The first-order valence-corrected chi connectivity index (χ1v) is 49.0. The van der Waals surface area contributed by atoms with Crippen molar-refractivity contribution in [2.75, 3.05) is 7.11 Å². The molecule has 18 rings (SSSR count). The lowest BCUT2D eigenvalue weighted by Crippen LogP contribution is -1.91. The minimum atomic E-state index is 0.0967. The van der Waals surface area contributed by atoms with Gasteiger partial charge < -0.3 is 4.74 Å². The van der Waals surface area contributed by atoms with Crippen LogP contribution in [0.1, 0.15) is 173 Å². The molecule has 0 heterocycles. The molecule has 5 heteroatoms. The van der Waals surface area contributed by atoms with Gasteiger partial charge in [0.2, 0.25) is 0 Å². The summed E-state index contributed by atoms with van der Waals surface area (Å²) in [4.78, 5) is 45.4. The highest BCUT2D eigenvalue weighted by Gasteiger charge is 2.12. The normalized spacial score (nSPS) is 10.4. The highest BCUT2D eigenvalue weighted by Crippen LogP contribution is 2.34. The summed E-state index contributed by atoms with van der Waals surface area (Å²) in [6.45, 7) is 27.6. The van der Waals surface area contributed by atoms with E-state index in [0.717, 1.165) is 112 Å². The molecule has 18 aromatic rings. The number of hydrogen-bond donors (Lipinski definition) is 0.